The van der Waals surface area contributed by atoms with Crippen LogP contribution in [0.15, 0.2) is 24.3 Å². The van der Waals surface area contributed by atoms with E-state index >= 15 is 0 Å². The number of amides is 1. The third-order valence-electron chi connectivity index (χ3n) is 4.68. The monoisotopic (exact) mass is 372 g/mol. The standard InChI is InChI=1S/C17H24N2O3S.ClH/c1-23(21,22)11-12-3-2-4-14(7-12)19-17(20)10-13-8-15-5-6-16(9-13)18-15;/h2-4,7,13,15-16,18H,5-6,8-11H2,1H3,(H,19,20);1H. The van der Waals surface area contributed by atoms with Gasteiger partial charge in [0.05, 0.1) is 5.75 Å². The lowest BCUT2D eigenvalue weighted by Gasteiger charge is -2.28. The van der Waals surface area contributed by atoms with Crippen molar-refractivity contribution >= 4 is 33.8 Å². The van der Waals surface area contributed by atoms with Gasteiger partial charge in [-0.1, -0.05) is 12.1 Å². The molecule has 2 bridgehead atoms. The predicted molar refractivity (Wildman–Crippen MR) is 98.2 cm³/mol. The van der Waals surface area contributed by atoms with Crippen LogP contribution in [0.2, 0.25) is 0 Å². The van der Waals surface area contributed by atoms with E-state index in [2.05, 4.69) is 10.6 Å². The van der Waals surface area contributed by atoms with Crippen molar-refractivity contribution < 1.29 is 13.2 Å². The van der Waals surface area contributed by atoms with Gasteiger partial charge in [0, 0.05) is 30.4 Å². The molecule has 2 aliphatic rings. The molecule has 2 heterocycles. The molecule has 1 aromatic carbocycles. The topological polar surface area (TPSA) is 75.3 Å². The second kappa shape index (κ2) is 7.85. The largest absolute Gasteiger partial charge is 0.326 e. The van der Waals surface area contributed by atoms with E-state index in [1.807, 2.05) is 0 Å². The van der Waals surface area contributed by atoms with Gasteiger partial charge in [0.1, 0.15) is 0 Å². The Bertz CT molecular complexity index is 681. The molecule has 1 aromatic rings. The van der Waals surface area contributed by atoms with E-state index < -0.39 is 9.84 Å². The number of hydrogen-bond acceptors (Lipinski definition) is 4. The number of sulfone groups is 1. The third-order valence-corrected chi connectivity index (χ3v) is 5.54. The van der Waals surface area contributed by atoms with Gasteiger partial charge in [-0.05, 0) is 49.3 Å². The fourth-order valence-electron chi connectivity index (χ4n) is 3.86. The van der Waals surface area contributed by atoms with Crippen molar-refractivity contribution in [1.29, 1.82) is 0 Å². The molecular formula is C17H25ClN2O3S. The first kappa shape index (κ1) is 19.2. The Balaban J connectivity index is 0.00000208. The minimum Gasteiger partial charge on any atom is -0.326 e. The van der Waals surface area contributed by atoms with Gasteiger partial charge in [0.2, 0.25) is 5.91 Å². The molecule has 0 aliphatic carbocycles. The van der Waals surface area contributed by atoms with Crippen molar-refractivity contribution in [3.63, 3.8) is 0 Å². The third kappa shape index (κ3) is 5.46. The Kier molecular flexibility index (Phi) is 6.28. The van der Waals surface area contributed by atoms with Gasteiger partial charge in [-0.3, -0.25) is 4.79 Å². The van der Waals surface area contributed by atoms with Gasteiger partial charge in [0.25, 0.3) is 0 Å². The lowest BCUT2D eigenvalue weighted by atomic mass is 9.89. The van der Waals surface area contributed by atoms with Crippen molar-refractivity contribution in [2.45, 2.75) is 49.9 Å². The Morgan fingerprint density at radius 1 is 1.25 bits per heavy atom. The highest BCUT2D eigenvalue weighted by molar-refractivity contribution is 7.89. The summed E-state index contributed by atoms with van der Waals surface area (Å²) >= 11 is 0. The van der Waals surface area contributed by atoms with Crippen LogP contribution in [0.3, 0.4) is 0 Å². The van der Waals surface area contributed by atoms with E-state index in [1.165, 1.54) is 19.1 Å². The molecule has 24 heavy (non-hydrogen) atoms. The maximum absolute atomic E-state index is 12.3. The van der Waals surface area contributed by atoms with Crippen LogP contribution < -0.4 is 10.6 Å². The van der Waals surface area contributed by atoms with Crippen molar-refractivity contribution in [3.8, 4) is 0 Å². The molecule has 1 amide bonds. The highest BCUT2D eigenvalue weighted by atomic mass is 35.5. The molecule has 2 N–H and O–H groups in total. The average molecular weight is 373 g/mol. The second-order valence-electron chi connectivity index (χ2n) is 7.00. The van der Waals surface area contributed by atoms with Crippen LogP contribution in [0.25, 0.3) is 0 Å². The molecule has 134 valence electrons. The summed E-state index contributed by atoms with van der Waals surface area (Å²) in [5.41, 5.74) is 1.37. The first-order valence-electron chi connectivity index (χ1n) is 8.20. The van der Waals surface area contributed by atoms with Crippen molar-refractivity contribution in [2.24, 2.45) is 5.92 Å². The van der Waals surface area contributed by atoms with Crippen LogP contribution in [0, 0.1) is 5.92 Å². The van der Waals surface area contributed by atoms with Crippen molar-refractivity contribution in [2.75, 3.05) is 11.6 Å². The molecular weight excluding hydrogens is 348 g/mol. The van der Waals surface area contributed by atoms with Crippen LogP contribution in [-0.2, 0) is 20.4 Å². The van der Waals surface area contributed by atoms with Crippen LogP contribution in [-0.4, -0.2) is 32.7 Å². The van der Waals surface area contributed by atoms with Crippen LogP contribution in [0.5, 0.6) is 0 Å². The van der Waals surface area contributed by atoms with Gasteiger partial charge in [-0.15, -0.1) is 12.4 Å². The maximum Gasteiger partial charge on any atom is 0.224 e. The number of fused-ring (bicyclic) bond motifs is 2. The van der Waals surface area contributed by atoms with E-state index in [0.717, 1.165) is 12.8 Å². The quantitative estimate of drug-likeness (QED) is 0.832. The minimum absolute atomic E-state index is 0. The summed E-state index contributed by atoms with van der Waals surface area (Å²) in [7, 11) is -3.07. The maximum atomic E-state index is 12.3. The fourth-order valence-corrected chi connectivity index (χ4v) is 4.64. The molecule has 2 unspecified atom stereocenters. The molecule has 2 aliphatic heterocycles. The van der Waals surface area contributed by atoms with E-state index in [-0.39, 0.29) is 24.1 Å². The van der Waals surface area contributed by atoms with Crippen LogP contribution in [0.1, 0.15) is 37.7 Å². The molecule has 0 saturated carbocycles. The smallest absolute Gasteiger partial charge is 0.224 e. The van der Waals surface area contributed by atoms with Crippen LogP contribution in [0.4, 0.5) is 5.69 Å². The molecule has 0 spiro atoms. The number of piperidine rings is 1. The summed E-state index contributed by atoms with van der Waals surface area (Å²) < 4.78 is 22.7. The normalized spacial score (nSPS) is 25.8. The Morgan fingerprint density at radius 3 is 2.54 bits per heavy atom. The van der Waals surface area contributed by atoms with Crippen molar-refractivity contribution in [1.82, 2.24) is 5.32 Å². The number of benzene rings is 1. The number of anilines is 1. The van der Waals surface area contributed by atoms with Gasteiger partial charge in [-0.2, -0.15) is 0 Å². The number of halogens is 1. The average Bonchev–Trinajstić information content (AvgIpc) is 2.76. The SMILES string of the molecule is CS(=O)(=O)Cc1cccc(NC(=O)CC2CC3CCC(C2)N3)c1.Cl. The van der Waals surface area contributed by atoms with E-state index in [9.17, 15) is 13.2 Å². The summed E-state index contributed by atoms with van der Waals surface area (Å²) in [5.74, 6) is 0.467. The Morgan fingerprint density at radius 2 is 1.92 bits per heavy atom. The number of carbonyl (C=O) groups excluding carboxylic acids is 1. The molecule has 5 nitrogen and oxygen atoms in total. The minimum atomic E-state index is -3.07. The summed E-state index contributed by atoms with van der Waals surface area (Å²) in [4.78, 5) is 12.3. The molecule has 2 fully saturated rings. The summed E-state index contributed by atoms with van der Waals surface area (Å²) in [6.45, 7) is 0. The predicted octanol–water partition coefficient (Wildman–Crippen LogP) is 2.51. The number of rotatable bonds is 5. The number of carbonyl (C=O) groups is 1. The van der Waals surface area contributed by atoms with Gasteiger partial charge >= 0.3 is 0 Å². The van der Waals surface area contributed by atoms with E-state index in [0.29, 0.717) is 35.7 Å². The zero-order valence-corrected chi connectivity index (χ0v) is 15.5. The number of hydrogen-bond donors (Lipinski definition) is 2. The zero-order chi connectivity index (χ0) is 16.4. The Hall–Kier alpha value is -1.11. The lowest BCUT2D eigenvalue weighted by molar-refractivity contribution is -0.117. The molecule has 2 saturated heterocycles. The second-order valence-corrected chi connectivity index (χ2v) is 9.14. The Labute approximate surface area is 149 Å². The molecule has 0 aromatic heterocycles. The number of nitrogens with one attached hydrogen (secondary N) is 2. The zero-order valence-electron chi connectivity index (χ0n) is 13.8. The van der Waals surface area contributed by atoms with Crippen LogP contribution >= 0.6 is 12.4 Å². The first-order chi connectivity index (χ1) is 10.9. The van der Waals surface area contributed by atoms with E-state index in [1.54, 1.807) is 24.3 Å². The highest BCUT2D eigenvalue weighted by Gasteiger charge is 2.34. The van der Waals surface area contributed by atoms with Gasteiger partial charge in [-0.25, -0.2) is 8.42 Å². The molecule has 3 rings (SSSR count). The van der Waals surface area contributed by atoms with Gasteiger partial charge in [0.15, 0.2) is 9.84 Å². The summed E-state index contributed by atoms with van der Waals surface area (Å²) in [6.07, 6.45) is 6.39. The highest BCUT2D eigenvalue weighted by Crippen LogP contribution is 2.32. The summed E-state index contributed by atoms with van der Waals surface area (Å²) in [5, 5.41) is 6.50. The van der Waals surface area contributed by atoms with Gasteiger partial charge < -0.3 is 10.6 Å². The van der Waals surface area contributed by atoms with Crippen molar-refractivity contribution in [3.05, 3.63) is 29.8 Å². The van der Waals surface area contributed by atoms with E-state index in [4.69, 9.17) is 0 Å². The first-order valence-corrected chi connectivity index (χ1v) is 10.3. The fraction of sp³-hybridized carbons (Fsp3) is 0.588. The summed E-state index contributed by atoms with van der Waals surface area (Å²) in [6, 6.07) is 8.26. The molecule has 7 heteroatoms. The lowest BCUT2D eigenvalue weighted by Crippen LogP contribution is -2.39. The molecule has 0 radical (unpaired) electrons. The molecule has 2 atom stereocenters.